The maximum Gasteiger partial charge on any atom is 0.417 e. The fraction of sp³-hybridized carbons (Fsp3) is 0.385. The second-order valence-electron chi connectivity index (χ2n) is 9.60. The first-order valence-electron chi connectivity index (χ1n) is 12.6. The highest BCUT2D eigenvalue weighted by molar-refractivity contribution is 7.10. The van der Waals surface area contributed by atoms with E-state index < -0.39 is 59.9 Å². The Balaban J connectivity index is 1.20. The normalized spacial score (nSPS) is 17.9. The molecule has 224 valence electrons. The van der Waals surface area contributed by atoms with Crippen molar-refractivity contribution in [3.05, 3.63) is 79.7 Å². The minimum atomic E-state index is -4.96. The number of thiazole rings is 1. The van der Waals surface area contributed by atoms with Crippen LogP contribution in [0, 0.1) is 11.6 Å². The highest BCUT2D eigenvalue weighted by atomic mass is 32.1. The summed E-state index contributed by atoms with van der Waals surface area (Å²) in [6, 6.07) is 3.69. The third-order valence-corrected chi connectivity index (χ3v) is 7.91. The van der Waals surface area contributed by atoms with Crippen molar-refractivity contribution in [1.29, 1.82) is 0 Å². The summed E-state index contributed by atoms with van der Waals surface area (Å²) in [6.07, 6.45) is -4.46. The molecule has 1 saturated heterocycles. The predicted octanol–water partition coefficient (Wildman–Crippen LogP) is 5.48. The lowest BCUT2D eigenvalue weighted by atomic mass is 9.97. The molecule has 16 heteroatoms. The Hall–Kier alpha value is -3.95. The highest BCUT2D eigenvalue weighted by Crippen LogP contribution is 2.35. The molecule has 4 heterocycles. The van der Waals surface area contributed by atoms with Crippen LogP contribution in [0.2, 0.25) is 0 Å². The molecule has 0 radical (unpaired) electrons. The van der Waals surface area contributed by atoms with Crippen LogP contribution in [-0.4, -0.2) is 45.8 Å². The van der Waals surface area contributed by atoms with Gasteiger partial charge in [-0.15, -0.1) is 11.3 Å². The number of alkyl halides is 5. The number of aromatic nitrogens is 2. The molecule has 0 bridgehead atoms. The van der Waals surface area contributed by atoms with Crippen molar-refractivity contribution in [2.45, 2.75) is 50.6 Å². The Morgan fingerprint density at radius 1 is 1.17 bits per heavy atom. The van der Waals surface area contributed by atoms with Crippen molar-refractivity contribution < 1.29 is 45.1 Å². The molecule has 5 rings (SSSR count). The zero-order valence-corrected chi connectivity index (χ0v) is 22.2. The van der Waals surface area contributed by atoms with Gasteiger partial charge in [0, 0.05) is 37.0 Å². The van der Waals surface area contributed by atoms with Gasteiger partial charge in [0.2, 0.25) is 5.91 Å². The van der Waals surface area contributed by atoms with Gasteiger partial charge in [-0.2, -0.15) is 22.0 Å². The Labute approximate surface area is 237 Å². The van der Waals surface area contributed by atoms with Crippen LogP contribution in [0.15, 0.2) is 45.8 Å². The first-order valence-corrected chi connectivity index (χ1v) is 13.5. The molecule has 2 aliphatic rings. The second-order valence-corrected chi connectivity index (χ2v) is 10.5. The minimum Gasteiger partial charge on any atom is -0.429 e. The molecular formula is C26H21F7N4O4S. The van der Waals surface area contributed by atoms with Crippen molar-refractivity contribution in [2.75, 3.05) is 13.1 Å². The molecule has 1 amide bonds. The Morgan fingerprint density at radius 2 is 1.86 bits per heavy atom. The van der Waals surface area contributed by atoms with E-state index in [2.05, 4.69) is 14.9 Å². The SMILES string of the molecule is O=C(Cn1cc(C(F)(F)F)cc(OC(F)F)c1=O)N1CCC(c2nc(C3=NOC(c4c(F)cccc4F)C3)cs2)CC1. The molecule has 1 atom stereocenters. The number of carbonyl (C=O) groups excluding carboxylic acids is 1. The van der Waals surface area contributed by atoms with Crippen molar-refractivity contribution in [3.63, 3.8) is 0 Å². The number of likely N-dealkylation sites (tertiary alicyclic amines) is 1. The van der Waals surface area contributed by atoms with E-state index >= 15 is 0 Å². The van der Waals surface area contributed by atoms with Crippen LogP contribution in [0.5, 0.6) is 5.75 Å². The largest absolute Gasteiger partial charge is 0.429 e. The summed E-state index contributed by atoms with van der Waals surface area (Å²) >= 11 is 1.34. The van der Waals surface area contributed by atoms with Crippen molar-refractivity contribution in [1.82, 2.24) is 14.5 Å². The summed E-state index contributed by atoms with van der Waals surface area (Å²) in [6.45, 7) is -3.89. The van der Waals surface area contributed by atoms with Gasteiger partial charge in [0.1, 0.15) is 23.9 Å². The van der Waals surface area contributed by atoms with Gasteiger partial charge in [0.25, 0.3) is 5.56 Å². The first-order chi connectivity index (χ1) is 19.9. The van der Waals surface area contributed by atoms with Crippen LogP contribution in [0.4, 0.5) is 30.7 Å². The third-order valence-electron chi connectivity index (χ3n) is 6.91. The molecule has 8 nitrogen and oxygen atoms in total. The molecule has 1 fully saturated rings. The van der Waals surface area contributed by atoms with Gasteiger partial charge in [0.15, 0.2) is 11.9 Å². The van der Waals surface area contributed by atoms with Gasteiger partial charge in [-0.05, 0) is 31.0 Å². The molecule has 0 N–H and O–H groups in total. The van der Waals surface area contributed by atoms with Gasteiger partial charge in [-0.25, -0.2) is 13.8 Å². The number of amides is 1. The molecule has 0 saturated carbocycles. The van der Waals surface area contributed by atoms with Crippen LogP contribution < -0.4 is 10.3 Å². The number of ether oxygens (including phenoxy) is 1. The second kappa shape index (κ2) is 11.7. The van der Waals surface area contributed by atoms with Gasteiger partial charge >= 0.3 is 12.8 Å². The average molecular weight is 619 g/mol. The quantitative estimate of drug-likeness (QED) is 0.328. The monoisotopic (exact) mass is 618 g/mol. The van der Waals surface area contributed by atoms with E-state index in [9.17, 15) is 40.3 Å². The zero-order chi connectivity index (χ0) is 30.2. The van der Waals surface area contributed by atoms with Gasteiger partial charge in [0.05, 0.1) is 21.8 Å². The number of pyridine rings is 1. The molecule has 2 aromatic heterocycles. The fourth-order valence-corrected chi connectivity index (χ4v) is 5.79. The highest BCUT2D eigenvalue weighted by Gasteiger charge is 2.34. The maximum absolute atomic E-state index is 14.1. The molecule has 0 aliphatic carbocycles. The van der Waals surface area contributed by atoms with Gasteiger partial charge in [-0.1, -0.05) is 11.2 Å². The van der Waals surface area contributed by atoms with Gasteiger partial charge in [-0.3, -0.25) is 9.59 Å². The summed E-state index contributed by atoms with van der Waals surface area (Å²) in [7, 11) is 0. The van der Waals surface area contributed by atoms with Crippen molar-refractivity contribution in [3.8, 4) is 5.75 Å². The summed E-state index contributed by atoms with van der Waals surface area (Å²) < 4.78 is 97.6. The third kappa shape index (κ3) is 6.27. The minimum absolute atomic E-state index is 0.0575. The number of nitrogens with zero attached hydrogens (tertiary/aromatic N) is 4. The number of oxime groups is 1. The van der Waals surface area contributed by atoms with E-state index in [1.165, 1.54) is 22.3 Å². The Kier molecular flexibility index (Phi) is 8.25. The van der Waals surface area contributed by atoms with E-state index in [0.717, 1.165) is 17.1 Å². The molecule has 0 spiro atoms. The zero-order valence-electron chi connectivity index (χ0n) is 21.4. The van der Waals surface area contributed by atoms with Crippen LogP contribution in [0.3, 0.4) is 0 Å². The Morgan fingerprint density at radius 3 is 2.50 bits per heavy atom. The van der Waals surface area contributed by atoms with Crippen LogP contribution in [0.25, 0.3) is 0 Å². The van der Waals surface area contributed by atoms with E-state index in [0.29, 0.717) is 35.0 Å². The number of rotatable bonds is 7. The van der Waals surface area contributed by atoms with Gasteiger partial charge < -0.3 is 19.0 Å². The van der Waals surface area contributed by atoms with Crippen LogP contribution >= 0.6 is 11.3 Å². The van der Waals surface area contributed by atoms with Crippen LogP contribution in [-0.2, 0) is 22.4 Å². The number of hydrogen-bond donors (Lipinski definition) is 0. The lowest BCUT2D eigenvalue weighted by Gasteiger charge is -2.31. The summed E-state index contributed by atoms with van der Waals surface area (Å²) in [5.41, 5.74) is -1.99. The Bertz CT molecular complexity index is 1540. The molecule has 2 aliphatic heterocycles. The van der Waals surface area contributed by atoms with Crippen molar-refractivity contribution >= 4 is 23.0 Å². The predicted molar refractivity (Wildman–Crippen MR) is 134 cm³/mol. The molecule has 1 unspecified atom stereocenters. The van der Waals surface area contributed by atoms with E-state index in [1.54, 1.807) is 5.38 Å². The topological polar surface area (TPSA) is 86.0 Å². The summed E-state index contributed by atoms with van der Waals surface area (Å²) in [5, 5.41) is 6.44. The van der Waals surface area contributed by atoms with E-state index in [-0.39, 0.29) is 37.1 Å². The first kappa shape index (κ1) is 29.5. The smallest absolute Gasteiger partial charge is 0.417 e. The molecule has 3 aromatic rings. The fourth-order valence-electron chi connectivity index (χ4n) is 4.79. The van der Waals surface area contributed by atoms with E-state index in [4.69, 9.17) is 4.84 Å². The average Bonchev–Trinajstić information content (AvgIpc) is 3.60. The van der Waals surface area contributed by atoms with Crippen molar-refractivity contribution in [2.24, 2.45) is 5.16 Å². The number of hydrogen-bond acceptors (Lipinski definition) is 7. The standard InChI is InChI=1S/C26H21F7N4O4S/c27-15-2-1-3-16(28)22(15)19-9-17(35-41-19)18-12-42-23(34-18)13-4-6-36(7-5-13)21(38)11-37-10-14(26(31,32)33)8-20(24(37)39)40-25(29)30/h1-3,8,10,12-13,19,25H,4-7,9,11H2. The lowest BCUT2D eigenvalue weighted by Crippen LogP contribution is -2.41. The molecular weight excluding hydrogens is 597 g/mol. The lowest BCUT2D eigenvalue weighted by molar-refractivity contribution is -0.139. The summed E-state index contributed by atoms with van der Waals surface area (Å²) in [5.74, 6) is -3.42. The number of piperidine rings is 1. The summed E-state index contributed by atoms with van der Waals surface area (Å²) in [4.78, 5) is 36.5. The van der Waals surface area contributed by atoms with Crippen LogP contribution in [0.1, 0.15) is 53.1 Å². The number of benzene rings is 1. The van der Waals surface area contributed by atoms with E-state index in [1.807, 2.05) is 0 Å². The molecule has 1 aromatic carbocycles. The maximum atomic E-state index is 14.1. The molecule has 42 heavy (non-hydrogen) atoms. The number of halogens is 7. The number of carbonyl (C=O) groups is 1.